The van der Waals surface area contributed by atoms with E-state index in [2.05, 4.69) is 6.58 Å². The normalized spacial score (nSPS) is 23.0. The van der Waals surface area contributed by atoms with Gasteiger partial charge in [0.05, 0.1) is 21.3 Å². The maximum absolute atomic E-state index is 12.9. The molecule has 0 aromatic heterocycles. The van der Waals surface area contributed by atoms with Crippen molar-refractivity contribution in [1.82, 2.24) is 0 Å². The second kappa shape index (κ2) is 7.72. The van der Waals surface area contributed by atoms with Gasteiger partial charge in [0, 0.05) is 5.92 Å². The molecule has 1 aliphatic rings. The highest BCUT2D eigenvalue weighted by molar-refractivity contribution is 6.05. The van der Waals surface area contributed by atoms with E-state index >= 15 is 0 Å². The molecule has 0 amide bonds. The van der Waals surface area contributed by atoms with Gasteiger partial charge in [0.25, 0.3) is 0 Å². The molecule has 1 aromatic rings. The van der Waals surface area contributed by atoms with Crippen molar-refractivity contribution in [2.24, 2.45) is 11.3 Å². The molecule has 2 rings (SSSR count). The largest absolute Gasteiger partial charge is 0.493 e. The summed E-state index contributed by atoms with van der Waals surface area (Å²) in [6, 6.07) is 3.74. The minimum absolute atomic E-state index is 0.0459. The molecule has 136 valence electrons. The number of esters is 1. The highest BCUT2D eigenvalue weighted by Gasteiger charge is 2.47. The van der Waals surface area contributed by atoms with Gasteiger partial charge in [-0.25, -0.2) is 0 Å². The zero-order valence-corrected chi connectivity index (χ0v) is 15.4. The number of ketones is 1. The van der Waals surface area contributed by atoms with Crippen molar-refractivity contribution in [3.63, 3.8) is 0 Å². The number of benzene rings is 1. The molecular weight excluding hydrogens is 320 g/mol. The molecule has 1 unspecified atom stereocenters. The minimum atomic E-state index is -1.05. The second-order valence-electron chi connectivity index (χ2n) is 6.59. The standard InChI is InChI=1S/C20H26O5/c1-6-13-11-16(23-3)17(24-4)12-15(13)10-14-8-7-9-20(2,18(14)21)19(22)25-5/h6,11-12,14H,1,7-10H2,2-5H3/t14?,20-/m0/s1. The van der Waals surface area contributed by atoms with E-state index in [1.807, 2.05) is 12.1 Å². The van der Waals surface area contributed by atoms with Gasteiger partial charge >= 0.3 is 5.97 Å². The third-order valence-electron chi connectivity index (χ3n) is 5.11. The number of carbonyl (C=O) groups is 2. The fourth-order valence-corrected chi connectivity index (χ4v) is 3.60. The van der Waals surface area contributed by atoms with Crippen molar-refractivity contribution >= 4 is 17.8 Å². The predicted octanol–water partition coefficient (Wildman–Crippen LogP) is 3.44. The van der Waals surface area contributed by atoms with Crippen molar-refractivity contribution in [3.8, 4) is 11.5 Å². The lowest BCUT2D eigenvalue weighted by atomic mass is 9.68. The van der Waals surface area contributed by atoms with Gasteiger partial charge in [0.2, 0.25) is 0 Å². The van der Waals surface area contributed by atoms with E-state index in [-0.39, 0.29) is 11.7 Å². The second-order valence-corrected chi connectivity index (χ2v) is 6.59. The van der Waals surface area contributed by atoms with Crippen molar-refractivity contribution in [2.45, 2.75) is 32.6 Å². The first-order valence-corrected chi connectivity index (χ1v) is 8.41. The molecule has 0 N–H and O–H groups in total. The summed E-state index contributed by atoms with van der Waals surface area (Å²) in [7, 11) is 4.49. The number of hydrogen-bond acceptors (Lipinski definition) is 5. The first kappa shape index (κ1) is 19.0. The van der Waals surface area contributed by atoms with Crippen LogP contribution in [0.1, 0.15) is 37.3 Å². The molecule has 1 aliphatic carbocycles. The van der Waals surface area contributed by atoms with Gasteiger partial charge in [-0.05, 0) is 49.4 Å². The summed E-state index contributed by atoms with van der Waals surface area (Å²) in [4.78, 5) is 25.1. The Hall–Kier alpha value is -2.30. The van der Waals surface area contributed by atoms with Gasteiger partial charge in [-0.3, -0.25) is 9.59 Å². The summed E-state index contributed by atoms with van der Waals surface area (Å²) in [6.45, 7) is 5.54. The lowest BCUT2D eigenvalue weighted by molar-refractivity contribution is -0.160. The third-order valence-corrected chi connectivity index (χ3v) is 5.11. The summed E-state index contributed by atoms with van der Waals surface area (Å²) >= 11 is 0. The molecule has 2 atom stereocenters. The van der Waals surface area contributed by atoms with E-state index in [9.17, 15) is 9.59 Å². The number of rotatable bonds is 6. The summed E-state index contributed by atoms with van der Waals surface area (Å²) in [5.41, 5.74) is 0.804. The number of methoxy groups -OCH3 is 3. The van der Waals surface area contributed by atoms with Crippen LogP contribution in [-0.4, -0.2) is 33.1 Å². The molecule has 5 heteroatoms. The van der Waals surface area contributed by atoms with Crippen LogP contribution in [0.5, 0.6) is 11.5 Å². The number of ether oxygens (including phenoxy) is 3. The highest BCUT2D eigenvalue weighted by Crippen LogP contribution is 2.40. The SMILES string of the molecule is C=Cc1cc(OC)c(OC)cc1CC1CCC[C@](C)(C(=O)OC)C1=O. The van der Waals surface area contributed by atoms with Crippen LogP contribution in [0.3, 0.4) is 0 Å². The maximum atomic E-state index is 12.9. The van der Waals surface area contributed by atoms with Crippen molar-refractivity contribution in [2.75, 3.05) is 21.3 Å². The summed E-state index contributed by atoms with van der Waals surface area (Å²) in [5.74, 6) is 0.515. The molecule has 1 aromatic carbocycles. The molecule has 0 radical (unpaired) electrons. The molecule has 1 fully saturated rings. The number of Topliss-reactive ketones (excluding diaryl/α,β-unsaturated/α-hetero) is 1. The fourth-order valence-electron chi connectivity index (χ4n) is 3.60. The van der Waals surface area contributed by atoms with E-state index in [0.717, 1.165) is 24.0 Å². The van der Waals surface area contributed by atoms with Crippen molar-refractivity contribution in [1.29, 1.82) is 0 Å². The Kier molecular flexibility index (Phi) is 5.88. The molecule has 0 saturated heterocycles. The molecule has 25 heavy (non-hydrogen) atoms. The molecule has 0 spiro atoms. The lowest BCUT2D eigenvalue weighted by Crippen LogP contribution is -2.44. The van der Waals surface area contributed by atoms with Gasteiger partial charge in [-0.15, -0.1) is 0 Å². The van der Waals surface area contributed by atoms with Gasteiger partial charge in [0.1, 0.15) is 5.41 Å². The van der Waals surface area contributed by atoms with E-state index in [4.69, 9.17) is 14.2 Å². The third kappa shape index (κ3) is 3.55. The van der Waals surface area contributed by atoms with E-state index in [1.54, 1.807) is 27.2 Å². The Labute approximate surface area is 149 Å². The maximum Gasteiger partial charge on any atom is 0.319 e. The van der Waals surface area contributed by atoms with Crippen LogP contribution in [0.15, 0.2) is 18.7 Å². The average molecular weight is 346 g/mol. The summed E-state index contributed by atoms with van der Waals surface area (Å²) < 4.78 is 15.6. The average Bonchev–Trinajstić information content (AvgIpc) is 2.64. The zero-order chi connectivity index (χ0) is 18.6. The Balaban J connectivity index is 2.34. The van der Waals surface area contributed by atoms with E-state index < -0.39 is 11.4 Å². The molecule has 0 aliphatic heterocycles. The van der Waals surface area contributed by atoms with Crippen LogP contribution in [0.25, 0.3) is 6.08 Å². The monoisotopic (exact) mass is 346 g/mol. The Morgan fingerprint density at radius 2 is 1.92 bits per heavy atom. The summed E-state index contributed by atoms with van der Waals surface area (Å²) in [5, 5.41) is 0. The first-order chi connectivity index (χ1) is 11.9. The Bertz CT molecular complexity index is 679. The van der Waals surface area contributed by atoms with Crippen molar-refractivity contribution in [3.05, 3.63) is 29.8 Å². The van der Waals surface area contributed by atoms with Crippen molar-refractivity contribution < 1.29 is 23.8 Å². The van der Waals surface area contributed by atoms with Gasteiger partial charge in [0.15, 0.2) is 17.3 Å². The van der Waals surface area contributed by atoms with Crippen LogP contribution in [0.2, 0.25) is 0 Å². The van der Waals surface area contributed by atoms with Crippen LogP contribution in [0, 0.1) is 11.3 Å². The smallest absolute Gasteiger partial charge is 0.319 e. The zero-order valence-electron chi connectivity index (χ0n) is 15.4. The van der Waals surface area contributed by atoms with Crippen LogP contribution >= 0.6 is 0 Å². The number of carbonyl (C=O) groups excluding carboxylic acids is 2. The lowest BCUT2D eigenvalue weighted by Gasteiger charge is -2.34. The Morgan fingerprint density at radius 3 is 2.48 bits per heavy atom. The van der Waals surface area contributed by atoms with Crippen LogP contribution in [0.4, 0.5) is 0 Å². The molecular formula is C20H26O5. The van der Waals surface area contributed by atoms with Gasteiger partial charge in [-0.2, -0.15) is 0 Å². The van der Waals surface area contributed by atoms with Crippen LogP contribution in [-0.2, 0) is 20.7 Å². The summed E-state index contributed by atoms with van der Waals surface area (Å²) in [6.07, 6.45) is 4.39. The van der Waals surface area contributed by atoms with Gasteiger partial charge < -0.3 is 14.2 Å². The van der Waals surface area contributed by atoms with Gasteiger partial charge in [-0.1, -0.05) is 19.1 Å². The molecule has 5 nitrogen and oxygen atoms in total. The Morgan fingerprint density at radius 1 is 1.28 bits per heavy atom. The first-order valence-electron chi connectivity index (χ1n) is 8.41. The predicted molar refractivity (Wildman–Crippen MR) is 95.8 cm³/mol. The molecule has 0 heterocycles. The highest BCUT2D eigenvalue weighted by atomic mass is 16.5. The topological polar surface area (TPSA) is 61.8 Å². The quantitative estimate of drug-likeness (QED) is 0.583. The van der Waals surface area contributed by atoms with E-state index in [1.165, 1.54) is 7.11 Å². The molecule has 0 bridgehead atoms. The van der Waals surface area contributed by atoms with E-state index in [0.29, 0.717) is 24.3 Å². The minimum Gasteiger partial charge on any atom is -0.493 e. The molecule has 1 saturated carbocycles. The fraction of sp³-hybridized carbons (Fsp3) is 0.500. The number of hydrogen-bond donors (Lipinski definition) is 0. The van der Waals surface area contributed by atoms with Crippen LogP contribution < -0.4 is 9.47 Å².